The van der Waals surface area contributed by atoms with Crippen LogP contribution in [0.25, 0.3) is 11.1 Å². The first kappa shape index (κ1) is 19.7. The molecule has 6 heteroatoms. The zero-order valence-electron chi connectivity index (χ0n) is 15.2. The van der Waals surface area contributed by atoms with E-state index in [1.54, 1.807) is 51.2 Å². The molecule has 1 aromatic heterocycles. The third-order valence-electron chi connectivity index (χ3n) is 3.76. The number of pyridine rings is 1. The number of carbonyl (C=O) groups excluding carboxylic acids is 1. The number of nitrogens with zero attached hydrogens (tertiary/aromatic N) is 2. The predicted molar refractivity (Wildman–Crippen MR) is 101 cm³/mol. The molecule has 0 fully saturated rings. The zero-order chi connectivity index (χ0) is 19.5. The van der Waals surface area contributed by atoms with Crippen molar-refractivity contribution < 1.29 is 9.53 Å². The fourth-order valence-electron chi connectivity index (χ4n) is 2.61. The normalized spacial score (nSPS) is 12.3. The van der Waals surface area contributed by atoms with E-state index in [0.717, 1.165) is 0 Å². The number of esters is 1. The second-order valence-electron chi connectivity index (χ2n) is 6.92. The van der Waals surface area contributed by atoms with E-state index >= 15 is 0 Å². The van der Waals surface area contributed by atoms with Crippen LogP contribution in [0.3, 0.4) is 0 Å². The molecule has 0 saturated heterocycles. The van der Waals surface area contributed by atoms with Gasteiger partial charge in [0.25, 0.3) is 5.56 Å². The van der Waals surface area contributed by atoms with Gasteiger partial charge in [0.2, 0.25) is 0 Å². The van der Waals surface area contributed by atoms with E-state index in [1.165, 1.54) is 10.6 Å². The lowest BCUT2D eigenvalue weighted by molar-refractivity contribution is -0.159. The van der Waals surface area contributed by atoms with Gasteiger partial charge in [0.05, 0.1) is 11.6 Å². The van der Waals surface area contributed by atoms with Gasteiger partial charge in [-0.1, -0.05) is 18.5 Å². The minimum atomic E-state index is -0.703. The summed E-state index contributed by atoms with van der Waals surface area (Å²) in [4.78, 5) is 25.0. The molecule has 0 aliphatic carbocycles. The molecule has 26 heavy (non-hydrogen) atoms. The lowest BCUT2D eigenvalue weighted by Crippen LogP contribution is -2.34. The first-order valence-corrected chi connectivity index (χ1v) is 8.69. The van der Waals surface area contributed by atoms with Crippen LogP contribution < -0.4 is 5.56 Å². The van der Waals surface area contributed by atoms with Crippen molar-refractivity contribution in [2.45, 2.75) is 45.8 Å². The summed E-state index contributed by atoms with van der Waals surface area (Å²) in [6.45, 7) is 7.17. The van der Waals surface area contributed by atoms with Crippen molar-refractivity contribution in [1.29, 1.82) is 5.26 Å². The zero-order valence-corrected chi connectivity index (χ0v) is 16.0. The Hall–Kier alpha value is -2.58. The van der Waals surface area contributed by atoms with Gasteiger partial charge in [-0.2, -0.15) is 5.26 Å². The van der Waals surface area contributed by atoms with Crippen molar-refractivity contribution in [3.05, 3.63) is 57.5 Å². The number of benzene rings is 1. The SMILES string of the molecule is CC[C@@H](C(=O)OC(C)(C)C)n1ccc(-c2cc(Cl)ccc2C#N)cc1=O. The van der Waals surface area contributed by atoms with E-state index in [2.05, 4.69) is 6.07 Å². The summed E-state index contributed by atoms with van der Waals surface area (Å²) in [5.41, 5.74) is 0.602. The van der Waals surface area contributed by atoms with Gasteiger partial charge in [-0.3, -0.25) is 4.79 Å². The molecule has 0 saturated carbocycles. The van der Waals surface area contributed by atoms with E-state index in [-0.39, 0.29) is 5.56 Å². The summed E-state index contributed by atoms with van der Waals surface area (Å²) in [5.74, 6) is -0.449. The van der Waals surface area contributed by atoms with Crippen LogP contribution >= 0.6 is 11.6 Å². The summed E-state index contributed by atoms with van der Waals surface area (Å²) in [6.07, 6.45) is 1.98. The van der Waals surface area contributed by atoms with Crippen molar-refractivity contribution >= 4 is 17.6 Å². The highest BCUT2D eigenvalue weighted by Crippen LogP contribution is 2.26. The van der Waals surface area contributed by atoms with E-state index in [0.29, 0.717) is 28.1 Å². The van der Waals surface area contributed by atoms with Crippen molar-refractivity contribution in [3.63, 3.8) is 0 Å². The van der Waals surface area contributed by atoms with Gasteiger partial charge in [-0.05, 0) is 57.0 Å². The van der Waals surface area contributed by atoms with Crippen LogP contribution in [0.4, 0.5) is 0 Å². The quantitative estimate of drug-likeness (QED) is 0.748. The first-order valence-electron chi connectivity index (χ1n) is 8.31. The Balaban J connectivity index is 2.44. The second kappa shape index (κ2) is 7.76. The van der Waals surface area contributed by atoms with Crippen molar-refractivity contribution in [3.8, 4) is 17.2 Å². The summed E-state index contributed by atoms with van der Waals surface area (Å²) < 4.78 is 6.76. The van der Waals surface area contributed by atoms with Gasteiger partial charge in [-0.15, -0.1) is 0 Å². The number of carbonyl (C=O) groups is 1. The Labute approximate surface area is 157 Å². The molecule has 136 valence electrons. The molecule has 1 heterocycles. The van der Waals surface area contributed by atoms with Crippen LogP contribution in [0, 0.1) is 11.3 Å². The van der Waals surface area contributed by atoms with Crippen LogP contribution in [-0.4, -0.2) is 16.1 Å². The summed E-state index contributed by atoms with van der Waals surface area (Å²) in [7, 11) is 0. The summed E-state index contributed by atoms with van der Waals surface area (Å²) in [6, 6.07) is 9.36. The average Bonchev–Trinajstić information content (AvgIpc) is 2.55. The maximum atomic E-state index is 12.6. The number of ether oxygens (including phenoxy) is 1. The van der Waals surface area contributed by atoms with Gasteiger partial charge in [0.15, 0.2) is 0 Å². The van der Waals surface area contributed by atoms with Crippen molar-refractivity contribution in [2.75, 3.05) is 0 Å². The predicted octanol–water partition coefficient (Wildman–Crippen LogP) is 4.33. The molecule has 0 bridgehead atoms. The molecule has 0 unspecified atom stereocenters. The maximum Gasteiger partial charge on any atom is 0.329 e. The van der Waals surface area contributed by atoms with Gasteiger partial charge in [-0.25, -0.2) is 4.79 Å². The number of hydrogen-bond acceptors (Lipinski definition) is 4. The summed E-state index contributed by atoms with van der Waals surface area (Å²) in [5, 5.41) is 9.74. The molecule has 0 aliphatic rings. The van der Waals surface area contributed by atoms with Crippen LogP contribution in [-0.2, 0) is 9.53 Å². The number of hydrogen-bond donors (Lipinski definition) is 0. The average molecular weight is 373 g/mol. The largest absolute Gasteiger partial charge is 0.458 e. The molecular weight excluding hydrogens is 352 g/mol. The third kappa shape index (κ3) is 4.53. The van der Waals surface area contributed by atoms with Crippen LogP contribution in [0.15, 0.2) is 41.3 Å². The van der Waals surface area contributed by atoms with E-state index in [4.69, 9.17) is 16.3 Å². The molecule has 2 rings (SSSR count). The molecule has 1 atom stereocenters. The molecule has 0 amide bonds. The molecule has 2 aromatic rings. The third-order valence-corrected chi connectivity index (χ3v) is 4.00. The van der Waals surface area contributed by atoms with Gasteiger partial charge >= 0.3 is 5.97 Å². The maximum absolute atomic E-state index is 12.6. The number of aromatic nitrogens is 1. The minimum absolute atomic E-state index is 0.343. The number of rotatable bonds is 4. The Morgan fingerprint density at radius 2 is 2.00 bits per heavy atom. The van der Waals surface area contributed by atoms with Crippen LogP contribution in [0.5, 0.6) is 0 Å². The Morgan fingerprint density at radius 3 is 2.54 bits per heavy atom. The molecule has 0 radical (unpaired) electrons. The minimum Gasteiger partial charge on any atom is -0.458 e. The van der Waals surface area contributed by atoms with Crippen molar-refractivity contribution in [1.82, 2.24) is 4.57 Å². The van der Waals surface area contributed by atoms with E-state index in [9.17, 15) is 14.9 Å². The standard InChI is InChI=1S/C20H21ClN2O3/c1-5-17(19(25)26-20(2,3)4)23-9-8-13(10-18(23)24)16-11-15(21)7-6-14(16)12-22/h6-11,17H,5H2,1-4H3/t17-/m0/s1. The summed E-state index contributed by atoms with van der Waals surface area (Å²) >= 11 is 6.02. The van der Waals surface area contributed by atoms with Gasteiger partial charge < -0.3 is 9.30 Å². The number of halogens is 1. The molecule has 0 N–H and O–H groups in total. The lowest BCUT2D eigenvalue weighted by Gasteiger charge is -2.24. The van der Waals surface area contributed by atoms with Gasteiger partial charge in [0, 0.05) is 22.8 Å². The Kier molecular flexibility index (Phi) is 5.89. The van der Waals surface area contributed by atoms with E-state index < -0.39 is 17.6 Å². The Morgan fingerprint density at radius 1 is 1.31 bits per heavy atom. The molecular formula is C20H21ClN2O3. The fourth-order valence-corrected chi connectivity index (χ4v) is 2.79. The molecule has 0 spiro atoms. The van der Waals surface area contributed by atoms with Crippen LogP contribution in [0.1, 0.15) is 45.7 Å². The first-order chi connectivity index (χ1) is 12.2. The molecule has 1 aromatic carbocycles. The van der Waals surface area contributed by atoms with Crippen LogP contribution in [0.2, 0.25) is 5.02 Å². The lowest BCUT2D eigenvalue weighted by atomic mass is 10.0. The molecule has 0 aliphatic heterocycles. The number of nitriles is 1. The highest BCUT2D eigenvalue weighted by molar-refractivity contribution is 6.30. The Bertz CT molecular complexity index is 920. The molecule has 5 nitrogen and oxygen atoms in total. The highest BCUT2D eigenvalue weighted by atomic mass is 35.5. The monoisotopic (exact) mass is 372 g/mol. The highest BCUT2D eigenvalue weighted by Gasteiger charge is 2.26. The fraction of sp³-hybridized carbons (Fsp3) is 0.350. The van der Waals surface area contributed by atoms with Crippen molar-refractivity contribution in [2.24, 2.45) is 0 Å². The van der Waals surface area contributed by atoms with Gasteiger partial charge in [0.1, 0.15) is 11.6 Å². The second-order valence-corrected chi connectivity index (χ2v) is 7.36. The topological polar surface area (TPSA) is 72.1 Å². The van der Waals surface area contributed by atoms with E-state index in [1.807, 2.05) is 6.92 Å². The smallest absolute Gasteiger partial charge is 0.329 e.